The smallest absolute Gasteiger partial charge is 0.295 e. The molecule has 1 aliphatic rings. The van der Waals surface area contributed by atoms with E-state index >= 15 is 0 Å². The Morgan fingerprint density at radius 3 is 2.41 bits per heavy atom. The predicted octanol–water partition coefficient (Wildman–Crippen LogP) is 4.75. The largest absolute Gasteiger partial charge is 0.493 e. The van der Waals surface area contributed by atoms with E-state index in [1.807, 2.05) is 42.5 Å². The van der Waals surface area contributed by atoms with E-state index in [1.54, 1.807) is 14.2 Å². The Bertz CT molecular complexity index is 1530. The number of piperidine rings is 1. The molecule has 0 radical (unpaired) electrons. The van der Waals surface area contributed by atoms with E-state index in [0.717, 1.165) is 42.8 Å². The number of nitrogens with zero attached hydrogens (tertiary/aromatic N) is 2. The predicted molar refractivity (Wildman–Crippen MR) is 146 cm³/mol. The molecule has 206 valence electrons. The first-order valence-electron chi connectivity index (χ1n) is 12.6. The molecule has 1 aromatic heterocycles. The lowest BCUT2D eigenvalue weighted by molar-refractivity contribution is 0.205. The number of fused-ring (bicyclic) bond motifs is 1. The summed E-state index contributed by atoms with van der Waals surface area (Å²) in [6.07, 6.45) is 1.73. The van der Waals surface area contributed by atoms with Gasteiger partial charge in [0.25, 0.3) is 16.1 Å². The molecule has 0 saturated carbocycles. The molecule has 39 heavy (non-hydrogen) atoms. The summed E-state index contributed by atoms with van der Waals surface area (Å²) in [6, 6.07) is 18.4. The van der Waals surface area contributed by atoms with E-state index in [-0.39, 0.29) is 10.9 Å². The van der Waals surface area contributed by atoms with Crippen molar-refractivity contribution in [2.24, 2.45) is 0 Å². The fourth-order valence-electron chi connectivity index (χ4n) is 4.68. The fraction of sp³-hybridized carbons (Fsp3) is 0.321. The van der Waals surface area contributed by atoms with Crippen molar-refractivity contribution >= 4 is 27.2 Å². The second-order valence-corrected chi connectivity index (χ2v) is 10.8. The van der Waals surface area contributed by atoms with Crippen LogP contribution in [0.3, 0.4) is 0 Å². The molecule has 1 saturated heterocycles. The monoisotopic (exact) mass is 553 g/mol. The van der Waals surface area contributed by atoms with E-state index in [0.29, 0.717) is 41.8 Å². The average molecular weight is 554 g/mol. The van der Waals surface area contributed by atoms with Gasteiger partial charge in [-0.15, -0.1) is 0 Å². The number of hydrogen-bond acceptors (Lipinski definition) is 9. The Hall–Kier alpha value is -3.80. The Labute approximate surface area is 227 Å². The van der Waals surface area contributed by atoms with Crippen molar-refractivity contribution in [1.29, 1.82) is 0 Å². The first kappa shape index (κ1) is 26.8. The van der Waals surface area contributed by atoms with Crippen LogP contribution < -0.4 is 19.5 Å². The van der Waals surface area contributed by atoms with Gasteiger partial charge in [0.05, 0.1) is 19.1 Å². The van der Waals surface area contributed by atoms with Gasteiger partial charge in [-0.05, 0) is 42.7 Å². The molecule has 5 rings (SSSR count). The number of aromatic nitrogens is 1. The van der Waals surface area contributed by atoms with E-state index in [9.17, 15) is 13.0 Å². The molecular formula is C28H31N3O7S. The Morgan fingerprint density at radius 2 is 1.72 bits per heavy atom. The van der Waals surface area contributed by atoms with Crippen molar-refractivity contribution in [3.05, 3.63) is 71.8 Å². The van der Waals surface area contributed by atoms with Gasteiger partial charge in [0.15, 0.2) is 17.1 Å². The van der Waals surface area contributed by atoms with Gasteiger partial charge in [-0.25, -0.2) is 0 Å². The molecule has 1 fully saturated rings. The molecule has 0 spiro atoms. The number of likely N-dealkylation sites (tertiary alicyclic amines) is 1. The molecule has 11 heteroatoms. The molecule has 0 bridgehead atoms. The maximum absolute atomic E-state index is 11.4. The number of ether oxygens (including phenoxy) is 3. The highest BCUT2D eigenvalue weighted by atomic mass is 32.2. The third kappa shape index (κ3) is 6.44. The van der Waals surface area contributed by atoms with Crippen LogP contribution in [-0.2, 0) is 23.3 Å². The van der Waals surface area contributed by atoms with Crippen LogP contribution in [0, 0.1) is 0 Å². The second-order valence-electron chi connectivity index (χ2n) is 9.41. The van der Waals surface area contributed by atoms with Gasteiger partial charge >= 0.3 is 0 Å². The van der Waals surface area contributed by atoms with Crippen LogP contribution in [-0.4, -0.2) is 56.2 Å². The summed E-state index contributed by atoms with van der Waals surface area (Å²) in [6.45, 7) is 2.83. The van der Waals surface area contributed by atoms with Gasteiger partial charge in [-0.1, -0.05) is 30.3 Å². The van der Waals surface area contributed by atoms with E-state index in [4.69, 9.17) is 18.6 Å². The molecule has 0 amide bonds. The van der Waals surface area contributed by atoms with Crippen molar-refractivity contribution in [2.75, 3.05) is 32.6 Å². The first-order valence-corrected chi connectivity index (χ1v) is 14.0. The normalized spacial score (nSPS) is 14.8. The molecule has 4 aromatic rings. The van der Waals surface area contributed by atoms with Crippen LogP contribution in [0.15, 0.2) is 70.0 Å². The Balaban J connectivity index is 1.23. The van der Waals surface area contributed by atoms with Gasteiger partial charge in [0.1, 0.15) is 17.9 Å². The maximum atomic E-state index is 11.4. The van der Waals surface area contributed by atoms with Crippen LogP contribution in [0.1, 0.15) is 24.0 Å². The van der Waals surface area contributed by atoms with Crippen molar-refractivity contribution in [2.45, 2.75) is 36.9 Å². The Morgan fingerprint density at radius 1 is 1.00 bits per heavy atom. The minimum absolute atomic E-state index is 0.148. The number of nitrogens with one attached hydrogen (secondary N) is 1. The number of rotatable bonds is 10. The van der Waals surface area contributed by atoms with Crippen molar-refractivity contribution in [3.8, 4) is 17.2 Å². The number of benzene rings is 3. The third-order valence-electron chi connectivity index (χ3n) is 6.77. The van der Waals surface area contributed by atoms with Crippen molar-refractivity contribution < 1.29 is 31.6 Å². The minimum atomic E-state index is -4.31. The fourth-order valence-corrected chi connectivity index (χ4v) is 5.18. The third-order valence-corrected chi connectivity index (χ3v) is 7.62. The summed E-state index contributed by atoms with van der Waals surface area (Å²) in [7, 11) is -1.07. The average Bonchev–Trinajstić information content (AvgIpc) is 3.35. The van der Waals surface area contributed by atoms with Crippen molar-refractivity contribution in [1.82, 2.24) is 9.88 Å². The standard InChI is InChI=1S/C28H31N3O7S/c1-35-26-14-20(25(16-27(26)36-2)37-18-19-6-4-3-5-7-19)17-31-12-10-21(11-13-31)29-28-30-23-15-22(39(32,33)34)8-9-24(23)38-28/h3-9,14-16,21H,10-13,17-18H2,1-2H3,(H,29,30)(H,32,33,34). The lowest BCUT2D eigenvalue weighted by Crippen LogP contribution is -2.38. The molecule has 0 atom stereocenters. The van der Waals surface area contributed by atoms with Crippen molar-refractivity contribution in [3.63, 3.8) is 0 Å². The zero-order valence-electron chi connectivity index (χ0n) is 21.8. The maximum Gasteiger partial charge on any atom is 0.295 e. The summed E-state index contributed by atoms with van der Waals surface area (Å²) >= 11 is 0. The lowest BCUT2D eigenvalue weighted by Gasteiger charge is -2.32. The van der Waals surface area contributed by atoms with Gasteiger partial charge in [-0.3, -0.25) is 9.45 Å². The second kappa shape index (κ2) is 11.5. The van der Waals surface area contributed by atoms with Crippen LogP contribution in [0.5, 0.6) is 17.2 Å². The van der Waals surface area contributed by atoms with Gasteiger partial charge in [-0.2, -0.15) is 13.4 Å². The quantitative estimate of drug-likeness (QED) is 0.266. The highest BCUT2D eigenvalue weighted by molar-refractivity contribution is 7.85. The summed E-state index contributed by atoms with van der Waals surface area (Å²) in [5.74, 6) is 2.03. The molecule has 2 N–H and O–H groups in total. The van der Waals surface area contributed by atoms with Gasteiger partial charge < -0.3 is 23.9 Å². The first-order chi connectivity index (χ1) is 18.8. The highest BCUT2D eigenvalue weighted by Crippen LogP contribution is 2.36. The molecule has 0 aliphatic carbocycles. The minimum Gasteiger partial charge on any atom is -0.493 e. The molecule has 0 unspecified atom stereocenters. The van der Waals surface area contributed by atoms with Gasteiger partial charge in [0, 0.05) is 37.3 Å². The number of anilines is 1. The number of hydrogen-bond donors (Lipinski definition) is 2. The zero-order valence-corrected chi connectivity index (χ0v) is 22.6. The highest BCUT2D eigenvalue weighted by Gasteiger charge is 2.23. The van der Waals surface area contributed by atoms with E-state index in [1.165, 1.54) is 18.2 Å². The molecule has 1 aliphatic heterocycles. The summed E-state index contributed by atoms with van der Waals surface area (Å²) in [4.78, 5) is 6.49. The van der Waals surface area contributed by atoms with Crippen LogP contribution in [0.2, 0.25) is 0 Å². The van der Waals surface area contributed by atoms with Crippen LogP contribution >= 0.6 is 0 Å². The zero-order chi connectivity index (χ0) is 27.4. The van der Waals surface area contributed by atoms with Crippen LogP contribution in [0.25, 0.3) is 11.1 Å². The molecule has 2 heterocycles. The topological polar surface area (TPSA) is 123 Å². The molecule has 10 nitrogen and oxygen atoms in total. The van der Waals surface area contributed by atoms with Crippen LogP contribution in [0.4, 0.5) is 6.01 Å². The molecular weight excluding hydrogens is 522 g/mol. The number of oxazole rings is 1. The summed E-state index contributed by atoms with van der Waals surface area (Å²) < 4.78 is 55.1. The number of methoxy groups -OCH3 is 2. The van der Waals surface area contributed by atoms with E-state index in [2.05, 4.69) is 15.2 Å². The SMILES string of the molecule is COc1cc(CN2CCC(Nc3nc4cc(S(=O)(=O)O)ccc4o3)CC2)c(OCc2ccccc2)cc1OC. The lowest BCUT2D eigenvalue weighted by atomic mass is 10.0. The summed E-state index contributed by atoms with van der Waals surface area (Å²) in [5.41, 5.74) is 2.91. The molecule has 3 aromatic carbocycles. The van der Waals surface area contributed by atoms with E-state index < -0.39 is 10.1 Å². The summed E-state index contributed by atoms with van der Waals surface area (Å²) in [5, 5.41) is 3.32. The Kier molecular flexibility index (Phi) is 7.92. The van der Waals surface area contributed by atoms with Gasteiger partial charge in [0.2, 0.25) is 0 Å².